The zero-order valence-electron chi connectivity index (χ0n) is 16.9. The second-order valence-electron chi connectivity index (χ2n) is 6.59. The summed E-state index contributed by atoms with van der Waals surface area (Å²) in [7, 11) is 1.62. The van der Waals surface area contributed by atoms with Gasteiger partial charge in [0.15, 0.2) is 5.96 Å². The minimum Gasteiger partial charge on any atom is -0.497 e. The van der Waals surface area contributed by atoms with Gasteiger partial charge in [-0.2, -0.15) is 0 Å². The number of rotatable bonds is 11. The van der Waals surface area contributed by atoms with Gasteiger partial charge in [-0.1, -0.05) is 12.1 Å². The van der Waals surface area contributed by atoms with Gasteiger partial charge in [-0.15, -0.1) is 24.0 Å². The summed E-state index contributed by atoms with van der Waals surface area (Å²) >= 11 is 0. The van der Waals surface area contributed by atoms with Crippen LogP contribution in [0.5, 0.6) is 5.75 Å². The SMILES string of the molecule is CCNC(=NCC(O)c1ccc(OC)cc1)NCCCOCC1CCOC1.I. The Balaban J connectivity index is 0.00000392. The van der Waals surface area contributed by atoms with Crippen LogP contribution in [0.1, 0.15) is 31.4 Å². The number of benzene rings is 1. The normalized spacial score (nSPS) is 17.7. The highest BCUT2D eigenvalue weighted by Gasteiger charge is 2.15. The van der Waals surface area contributed by atoms with Crippen LogP contribution in [0.25, 0.3) is 0 Å². The van der Waals surface area contributed by atoms with Crippen molar-refractivity contribution in [2.24, 2.45) is 10.9 Å². The molecule has 1 heterocycles. The number of methoxy groups -OCH3 is 1. The molecular formula is C20H34IN3O4. The van der Waals surface area contributed by atoms with E-state index in [1.165, 1.54) is 0 Å². The fraction of sp³-hybridized carbons (Fsp3) is 0.650. The van der Waals surface area contributed by atoms with Crippen molar-refractivity contribution >= 4 is 29.9 Å². The molecule has 160 valence electrons. The number of halogens is 1. The van der Waals surface area contributed by atoms with Gasteiger partial charge in [0.05, 0.1) is 33.0 Å². The molecule has 0 saturated carbocycles. The third-order valence-corrected chi connectivity index (χ3v) is 4.40. The summed E-state index contributed by atoms with van der Waals surface area (Å²) in [6, 6.07) is 7.38. The zero-order chi connectivity index (χ0) is 19.3. The highest BCUT2D eigenvalue weighted by atomic mass is 127. The summed E-state index contributed by atoms with van der Waals surface area (Å²) in [4.78, 5) is 4.47. The van der Waals surface area contributed by atoms with Crippen LogP contribution in [0.15, 0.2) is 29.3 Å². The maximum Gasteiger partial charge on any atom is 0.191 e. The molecule has 1 fully saturated rings. The van der Waals surface area contributed by atoms with E-state index < -0.39 is 6.10 Å². The lowest BCUT2D eigenvalue weighted by Crippen LogP contribution is -2.38. The van der Waals surface area contributed by atoms with Crippen LogP contribution in [0, 0.1) is 5.92 Å². The maximum atomic E-state index is 10.3. The van der Waals surface area contributed by atoms with E-state index in [1.54, 1.807) is 7.11 Å². The Morgan fingerprint density at radius 3 is 2.75 bits per heavy atom. The lowest BCUT2D eigenvalue weighted by atomic mass is 10.1. The minimum atomic E-state index is -0.650. The van der Waals surface area contributed by atoms with Crippen molar-refractivity contribution in [1.82, 2.24) is 10.6 Å². The van der Waals surface area contributed by atoms with Gasteiger partial charge in [0, 0.05) is 32.2 Å². The van der Waals surface area contributed by atoms with Crippen molar-refractivity contribution in [3.05, 3.63) is 29.8 Å². The molecule has 7 nitrogen and oxygen atoms in total. The van der Waals surface area contributed by atoms with Crippen molar-refractivity contribution in [1.29, 1.82) is 0 Å². The first-order valence-corrected chi connectivity index (χ1v) is 9.72. The highest BCUT2D eigenvalue weighted by molar-refractivity contribution is 14.0. The molecule has 2 unspecified atom stereocenters. The largest absolute Gasteiger partial charge is 0.497 e. The van der Waals surface area contributed by atoms with Crippen LogP contribution < -0.4 is 15.4 Å². The van der Waals surface area contributed by atoms with E-state index in [1.807, 2.05) is 31.2 Å². The van der Waals surface area contributed by atoms with Crippen LogP contribution in [0.2, 0.25) is 0 Å². The summed E-state index contributed by atoms with van der Waals surface area (Å²) in [6.45, 7) is 7.03. The van der Waals surface area contributed by atoms with Crippen LogP contribution in [0.4, 0.5) is 0 Å². The topological polar surface area (TPSA) is 84.3 Å². The van der Waals surface area contributed by atoms with Gasteiger partial charge in [0.25, 0.3) is 0 Å². The lowest BCUT2D eigenvalue weighted by molar-refractivity contribution is 0.0888. The molecule has 0 aliphatic carbocycles. The third-order valence-electron chi connectivity index (χ3n) is 4.40. The van der Waals surface area contributed by atoms with Gasteiger partial charge in [-0.3, -0.25) is 4.99 Å². The Hall–Kier alpha value is -1.10. The first kappa shape index (κ1) is 24.9. The molecule has 2 atom stereocenters. The van der Waals surface area contributed by atoms with E-state index in [4.69, 9.17) is 14.2 Å². The molecule has 0 radical (unpaired) electrons. The highest BCUT2D eigenvalue weighted by Crippen LogP contribution is 2.17. The Bertz CT molecular complexity index is 551. The first-order valence-electron chi connectivity index (χ1n) is 9.72. The Morgan fingerprint density at radius 1 is 1.32 bits per heavy atom. The molecule has 1 saturated heterocycles. The summed E-state index contributed by atoms with van der Waals surface area (Å²) in [5.74, 6) is 2.03. The van der Waals surface area contributed by atoms with Crippen molar-refractivity contribution < 1.29 is 19.3 Å². The Kier molecular flexibility index (Phi) is 13.2. The number of hydrogen-bond donors (Lipinski definition) is 3. The molecule has 1 aromatic rings. The second kappa shape index (κ2) is 14.8. The summed E-state index contributed by atoms with van der Waals surface area (Å²) in [5, 5.41) is 16.8. The van der Waals surface area contributed by atoms with Gasteiger partial charge in [-0.25, -0.2) is 0 Å². The maximum absolute atomic E-state index is 10.3. The summed E-state index contributed by atoms with van der Waals surface area (Å²) in [6.07, 6.45) is 1.36. The molecule has 3 N–H and O–H groups in total. The molecule has 1 aromatic carbocycles. The summed E-state index contributed by atoms with van der Waals surface area (Å²) < 4.78 is 16.2. The molecule has 2 rings (SSSR count). The van der Waals surface area contributed by atoms with Crippen LogP contribution in [-0.2, 0) is 9.47 Å². The van der Waals surface area contributed by atoms with Crippen molar-refractivity contribution in [3.8, 4) is 5.75 Å². The van der Waals surface area contributed by atoms with E-state index in [0.29, 0.717) is 18.4 Å². The summed E-state index contributed by atoms with van der Waals surface area (Å²) in [5.41, 5.74) is 0.819. The van der Waals surface area contributed by atoms with E-state index in [-0.39, 0.29) is 24.0 Å². The van der Waals surface area contributed by atoms with Crippen molar-refractivity contribution in [2.75, 3.05) is 53.2 Å². The number of ether oxygens (including phenoxy) is 3. The molecule has 0 aromatic heterocycles. The van der Waals surface area contributed by atoms with E-state index in [2.05, 4.69) is 15.6 Å². The van der Waals surface area contributed by atoms with Crippen LogP contribution >= 0.6 is 24.0 Å². The fourth-order valence-corrected chi connectivity index (χ4v) is 2.80. The van der Waals surface area contributed by atoms with Crippen molar-refractivity contribution in [3.63, 3.8) is 0 Å². The van der Waals surface area contributed by atoms with Gasteiger partial charge in [-0.05, 0) is 37.5 Å². The number of aliphatic imine (C=N–C) groups is 1. The number of guanidine groups is 1. The van der Waals surface area contributed by atoms with Gasteiger partial charge >= 0.3 is 0 Å². The average molecular weight is 507 g/mol. The number of aliphatic hydroxyl groups is 1. The Morgan fingerprint density at radius 2 is 2.11 bits per heavy atom. The first-order chi connectivity index (χ1) is 13.2. The molecular weight excluding hydrogens is 473 g/mol. The molecule has 0 bridgehead atoms. The molecule has 0 spiro atoms. The number of hydrogen-bond acceptors (Lipinski definition) is 5. The van der Waals surface area contributed by atoms with E-state index >= 15 is 0 Å². The molecule has 0 amide bonds. The van der Waals surface area contributed by atoms with E-state index in [9.17, 15) is 5.11 Å². The standard InChI is InChI=1S/C20H33N3O4.HI/c1-3-21-20(22-10-4-11-26-14-16-9-12-27-15-16)23-13-19(24)17-5-7-18(25-2)8-6-17;/h5-8,16,19,24H,3-4,9-15H2,1-2H3,(H2,21,22,23);1H. The van der Waals surface area contributed by atoms with Crippen molar-refractivity contribution in [2.45, 2.75) is 25.9 Å². The van der Waals surface area contributed by atoms with Crippen LogP contribution in [-0.4, -0.2) is 64.2 Å². The molecule has 1 aliphatic rings. The molecule has 28 heavy (non-hydrogen) atoms. The molecule has 1 aliphatic heterocycles. The number of nitrogens with one attached hydrogen (secondary N) is 2. The monoisotopic (exact) mass is 507 g/mol. The second-order valence-corrected chi connectivity index (χ2v) is 6.59. The Labute approximate surface area is 185 Å². The van der Waals surface area contributed by atoms with E-state index in [0.717, 1.165) is 63.7 Å². The smallest absolute Gasteiger partial charge is 0.191 e. The average Bonchev–Trinajstić information content (AvgIpc) is 3.22. The molecule has 8 heteroatoms. The van der Waals surface area contributed by atoms with Crippen LogP contribution in [0.3, 0.4) is 0 Å². The lowest BCUT2D eigenvalue weighted by Gasteiger charge is -2.14. The predicted octanol–water partition coefficient (Wildman–Crippen LogP) is 2.34. The predicted molar refractivity (Wildman–Crippen MR) is 122 cm³/mol. The number of aliphatic hydroxyl groups excluding tert-OH is 1. The zero-order valence-corrected chi connectivity index (χ0v) is 19.2. The third kappa shape index (κ3) is 9.40. The van der Waals surface area contributed by atoms with Gasteiger partial charge in [0.2, 0.25) is 0 Å². The quantitative estimate of drug-likeness (QED) is 0.185. The fourth-order valence-electron chi connectivity index (χ4n) is 2.80. The minimum absolute atomic E-state index is 0. The van der Waals surface area contributed by atoms with Gasteiger partial charge in [0.1, 0.15) is 5.75 Å². The number of nitrogens with zero attached hydrogens (tertiary/aromatic N) is 1. The van der Waals surface area contributed by atoms with Gasteiger partial charge < -0.3 is 30.0 Å².